The maximum absolute atomic E-state index is 10.8. The number of alkyl carbamates (subject to hydrolysis) is 1. The lowest BCUT2D eigenvalue weighted by Crippen LogP contribution is -2.12. The molecule has 0 aromatic carbocycles. The Hall–Kier alpha value is -1.84. The maximum Gasteiger partial charge on any atom is 0.407 e. The van der Waals surface area contributed by atoms with Gasteiger partial charge in [0.1, 0.15) is 6.10 Å². The first-order valence-electron chi connectivity index (χ1n) is 4.76. The van der Waals surface area contributed by atoms with E-state index in [1.807, 2.05) is 31.2 Å². The molecule has 1 saturated heterocycles. The second kappa shape index (κ2) is 3.73. The molecule has 1 fully saturated rings. The molecule has 1 atom stereocenters. The maximum atomic E-state index is 10.8. The summed E-state index contributed by atoms with van der Waals surface area (Å²) >= 11 is 0. The highest BCUT2D eigenvalue weighted by Crippen LogP contribution is 2.23. The molecule has 3 aliphatic rings. The van der Waals surface area contributed by atoms with Gasteiger partial charge >= 0.3 is 6.09 Å². The van der Waals surface area contributed by atoms with Crippen molar-refractivity contribution >= 4 is 11.9 Å². The Morgan fingerprint density at radius 2 is 1.87 bits per heavy atom. The fourth-order valence-corrected chi connectivity index (χ4v) is 1.43. The molecule has 1 amide bonds. The average molecular weight is 205 g/mol. The van der Waals surface area contributed by atoms with Crippen LogP contribution in [0.1, 0.15) is 6.92 Å². The Labute approximate surface area is 87.3 Å². The summed E-state index contributed by atoms with van der Waals surface area (Å²) in [5, 5.41) is 2.51. The van der Waals surface area contributed by atoms with Crippen LogP contribution in [-0.4, -0.2) is 24.5 Å². The molecule has 1 N–H and O–H groups in total. The smallest absolute Gasteiger partial charge is 0.407 e. The number of carbonyl (C=O) groups excluding carboxylic acids is 2. The van der Waals surface area contributed by atoms with Gasteiger partial charge in [0.15, 0.2) is 5.78 Å². The molecule has 2 bridgehead atoms. The number of ether oxygens (including phenoxy) is 1. The van der Waals surface area contributed by atoms with Crippen LogP contribution in [0.2, 0.25) is 0 Å². The SMILES string of the molecule is CC1CNC(=O)O1.O=C1C2=CC=C1C=C2. The van der Waals surface area contributed by atoms with Crippen molar-refractivity contribution in [3.63, 3.8) is 0 Å². The van der Waals surface area contributed by atoms with Crippen LogP contribution in [0.15, 0.2) is 35.5 Å². The van der Waals surface area contributed by atoms with Crippen LogP contribution in [-0.2, 0) is 9.53 Å². The van der Waals surface area contributed by atoms with Crippen molar-refractivity contribution in [1.29, 1.82) is 0 Å². The van der Waals surface area contributed by atoms with Crippen LogP contribution in [0.25, 0.3) is 0 Å². The number of carbonyl (C=O) groups is 2. The zero-order valence-electron chi connectivity index (χ0n) is 8.32. The van der Waals surface area contributed by atoms with Crippen molar-refractivity contribution in [3.8, 4) is 0 Å². The van der Waals surface area contributed by atoms with Gasteiger partial charge in [-0.05, 0) is 6.92 Å². The third-order valence-electron chi connectivity index (χ3n) is 2.25. The number of hydrogen-bond donors (Lipinski definition) is 1. The molecule has 1 unspecified atom stereocenters. The third-order valence-corrected chi connectivity index (χ3v) is 2.25. The van der Waals surface area contributed by atoms with Crippen LogP contribution in [0.4, 0.5) is 4.79 Å². The summed E-state index contributed by atoms with van der Waals surface area (Å²) in [5.41, 5.74) is 1.67. The summed E-state index contributed by atoms with van der Waals surface area (Å²) in [7, 11) is 0. The van der Waals surface area contributed by atoms with Crippen molar-refractivity contribution in [2.75, 3.05) is 6.54 Å². The quantitative estimate of drug-likeness (QED) is 0.644. The van der Waals surface area contributed by atoms with Gasteiger partial charge in [-0.15, -0.1) is 0 Å². The number of fused-ring (bicyclic) bond motifs is 2. The molecule has 0 radical (unpaired) electrons. The van der Waals surface area contributed by atoms with Gasteiger partial charge in [-0.2, -0.15) is 0 Å². The molecule has 0 spiro atoms. The van der Waals surface area contributed by atoms with Crippen molar-refractivity contribution in [2.45, 2.75) is 13.0 Å². The van der Waals surface area contributed by atoms with Gasteiger partial charge in [-0.25, -0.2) is 4.79 Å². The minimum Gasteiger partial charge on any atom is -0.445 e. The number of ketones is 1. The second-order valence-corrected chi connectivity index (χ2v) is 3.50. The Morgan fingerprint density at radius 1 is 1.27 bits per heavy atom. The lowest BCUT2D eigenvalue weighted by Gasteiger charge is -1.92. The van der Waals surface area contributed by atoms with E-state index in [1.54, 1.807) is 0 Å². The molecule has 0 aromatic heterocycles. The number of allylic oxidation sites excluding steroid dienone is 6. The van der Waals surface area contributed by atoms with Gasteiger partial charge in [0.05, 0.1) is 6.54 Å². The first kappa shape index (κ1) is 9.71. The van der Waals surface area contributed by atoms with Crippen molar-refractivity contribution in [2.24, 2.45) is 0 Å². The summed E-state index contributed by atoms with van der Waals surface area (Å²) in [6.45, 7) is 2.50. The van der Waals surface area contributed by atoms with E-state index in [1.165, 1.54) is 0 Å². The molecule has 1 heterocycles. The largest absolute Gasteiger partial charge is 0.445 e. The minimum absolute atomic E-state index is 0.0625. The minimum atomic E-state index is -0.299. The van der Waals surface area contributed by atoms with Gasteiger partial charge in [0.2, 0.25) is 0 Å². The van der Waals surface area contributed by atoms with E-state index in [9.17, 15) is 9.59 Å². The summed E-state index contributed by atoms with van der Waals surface area (Å²) in [6, 6.07) is 0. The summed E-state index contributed by atoms with van der Waals surface area (Å²) in [5.74, 6) is 0.185. The highest BCUT2D eigenvalue weighted by molar-refractivity contribution is 6.17. The van der Waals surface area contributed by atoms with E-state index in [0.717, 1.165) is 11.1 Å². The first-order chi connectivity index (χ1) is 7.16. The fraction of sp³-hybridized carbons (Fsp3) is 0.273. The standard InChI is InChI=1S/C7H4O.C4H7NO2/c8-7-5-1-2-6(7)4-3-5;1-3-2-5-4(6)7-3/h1-4H;3H,2H2,1H3,(H,5,6). The molecule has 78 valence electrons. The zero-order valence-corrected chi connectivity index (χ0v) is 8.32. The topological polar surface area (TPSA) is 55.4 Å². The Bertz CT molecular complexity index is 380. The van der Waals surface area contributed by atoms with E-state index < -0.39 is 0 Å². The molecule has 0 saturated carbocycles. The third kappa shape index (κ3) is 1.98. The molecule has 4 heteroatoms. The van der Waals surface area contributed by atoms with E-state index in [-0.39, 0.29) is 18.0 Å². The van der Waals surface area contributed by atoms with Gasteiger partial charge in [-0.3, -0.25) is 4.79 Å². The van der Waals surface area contributed by atoms with Crippen molar-refractivity contribution in [1.82, 2.24) is 5.32 Å². The van der Waals surface area contributed by atoms with Crippen molar-refractivity contribution in [3.05, 3.63) is 35.5 Å². The summed E-state index contributed by atoms with van der Waals surface area (Å²) < 4.78 is 4.61. The van der Waals surface area contributed by atoms with Gasteiger partial charge in [-0.1, -0.05) is 24.3 Å². The van der Waals surface area contributed by atoms with Crippen LogP contribution in [0.3, 0.4) is 0 Å². The summed E-state index contributed by atoms with van der Waals surface area (Å²) in [6.07, 6.45) is 7.14. The van der Waals surface area contributed by atoms with Crippen LogP contribution >= 0.6 is 0 Å². The molecular weight excluding hydrogens is 194 g/mol. The lowest BCUT2D eigenvalue weighted by atomic mass is 10.2. The van der Waals surface area contributed by atoms with E-state index in [2.05, 4.69) is 10.1 Å². The Morgan fingerprint density at radius 3 is 2.00 bits per heavy atom. The van der Waals surface area contributed by atoms with Gasteiger partial charge in [0.25, 0.3) is 0 Å². The average Bonchev–Trinajstić information content (AvgIpc) is 2.86. The fourth-order valence-electron chi connectivity index (χ4n) is 1.43. The van der Waals surface area contributed by atoms with Crippen LogP contribution in [0.5, 0.6) is 0 Å². The van der Waals surface area contributed by atoms with E-state index in [4.69, 9.17) is 0 Å². The second-order valence-electron chi connectivity index (χ2n) is 3.50. The molecule has 1 aliphatic heterocycles. The van der Waals surface area contributed by atoms with Crippen LogP contribution in [0, 0.1) is 0 Å². The number of amides is 1. The monoisotopic (exact) mass is 205 g/mol. The molecule has 3 rings (SSSR count). The van der Waals surface area contributed by atoms with Crippen LogP contribution < -0.4 is 5.32 Å². The molecule has 2 aliphatic carbocycles. The Kier molecular flexibility index (Phi) is 2.41. The summed E-state index contributed by atoms with van der Waals surface area (Å²) in [4.78, 5) is 20.9. The number of nitrogens with one attached hydrogen (secondary N) is 1. The lowest BCUT2D eigenvalue weighted by molar-refractivity contribution is -0.111. The molecule has 0 aromatic rings. The number of Topliss-reactive ketones (excluding diaryl/α,β-unsaturated/α-hetero) is 1. The normalized spacial score (nSPS) is 25.3. The predicted molar refractivity (Wildman–Crippen MR) is 54.3 cm³/mol. The first-order valence-corrected chi connectivity index (χ1v) is 4.76. The zero-order chi connectivity index (χ0) is 10.8. The Balaban J connectivity index is 0.000000115. The number of cyclic esters (lactones) is 1. The van der Waals surface area contributed by atoms with Crippen molar-refractivity contribution < 1.29 is 14.3 Å². The highest BCUT2D eigenvalue weighted by Gasteiger charge is 2.20. The molecule has 4 nitrogen and oxygen atoms in total. The number of rotatable bonds is 0. The van der Waals surface area contributed by atoms with Gasteiger partial charge in [0, 0.05) is 11.1 Å². The molecule has 15 heavy (non-hydrogen) atoms. The van der Waals surface area contributed by atoms with E-state index in [0.29, 0.717) is 6.54 Å². The highest BCUT2D eigenvalue weighted by atomic mass is 16.6. The van der Waals surface area contributed by atoms with Gasteiger partial charge < -0.3 is 10.1 Å². The van der Waals surface area contributed by atoms with E-state index >= 15 is 0 Å². The molecular formula is C11H11NO3. The number of hydrogen-bond acceptors (Lipinski definition) is 3. The predicted octanol–water partition coefficient (Wildman–Crippen LogP) is 1.11.